The van der Waals surface area contributed by atoms with Gasteiger partial charge in [0.05, 0.1) is 12.9 Å². The molecule has 0 saturated heterocycles. The maximum absolute atomic E-state index is 4.95. The van der Waals surface area contributed by atoms with Gasteiger partial charge in [-0.15, -0.1) is 0 Å². The molecule has 9 heavy (non-hydrogen) atoms. The smallest absolute Gasteiger partial charge is 0.111 e. The average molecular weight is 131 g/mol. The molecule has 0 aliphatic carbocycles. The maximum Gasteiger partial charge on any atom is 0.111 e. The summed E-state index contributed by atoms with van der Waals surface area (Å²) in [7, 11) is 3.46. The fourth-order valence-electron chi connectivity index (χ4n) is 0.316. The minimum atomic E-state index is 0.606. The van der Waals surface area contributed by atoms with Crippen molar-refractivity contribution in [1.82, 2.24) is 5.32 Å². The Labute approximate surface area is 55.7 Å². The highest BCUT2D eigenvalue weighted by Gasteiger charge is 1.77. The quantitative estimate of drug-likeness (QED) is 0.431. The van der Waals surface area contributed by atoms with Gasteiger partial charge < -0.3 is 14.8 Å². The average Bonchev–Trinajstić information content (AvgIpc) is 1.89. The highest BCUT2D eigenvalue weighted by molar-refractivity contribution is 4.66. The number of rotatable bonds is 5. The first-order valence-electron chi connectivity index (χ1n) is 2.84. The minimum Gasteiger partial charge on any atom is -0.497 e. The number of hydrogen-bond acceptors (Lipinski definition) is 3. The molecular weight excluding hydrogens is 118 g/mol. The van der Waals surface area contributed by atoms with Gasteiger partial charge in [-0.3, -0.25) is 0 Å². The van der Waals surface area contributed by atoms with Crippen LogP contribution in [0.4, 0.5) is 0 Å². The van der Waals surface area contributed by atoms with Gasteiger partial charge in [-0.2, -0.15) is 0 Å². The molecule has 0 spiro atoms. The van der Waals surface area contributed by atoms with E-state index in [2.05, 4.69) is 5.32 Å². The molecule has 0 amide bonds. The third-order valence-electron chi connectivity index (χ3n) is 0.736. The first-order chi connectivity index (χ1) is 4.41. The standard InChI is InChI=1S/C6H13NO2/c1-7-3-4-9-6-5-8-2/h3-4,7H,5-6H2,1-2H3/b4-3+. The van der Waals surface area contributed by atoms with Crippen LogP contribution in [0.3, 0.4) is 0 Å². The highest BCUT2D eigenvalue weighted by atomic mass is 16.5. The summed E-state index contributed by atoms with van der Waals surface area (Å²) < 4.78 is 9.69. The van der Waals surface area contributed by atoms with Crippen LogP contribution in [0.25, 0.3) is 0 Å². The Hall–Kier alpha value is -0.700. The van der Waals surface area contributed by atoms with Crippen molar-refractivity contribution in [3.63, 3.8) is 0 Å². The molecule has 0 unspecified atom stereocenters. The topological polar surface area (TPSA) is 30.5 Å². The summed E-state index contributed by atoms with van der Waals surface area (Å²) in [5.41, 5.74) is 0. The Bertz CT molecular complexity index is 73.5. The van der Waals surface area contributed by atoms with Crippen molar-refractivity contribution in [2.24, 2.45) is 0 Å². The molecule has 0 saturated carbocycles. The largest absolute Gasteiger partial charge is 0.497 e. The van der Waals surface area contributed by atoms with Gasteiger partial charge in [-0.05, 0) is 0 Å². The van der Waals surface area contributed by atoms with Gasteiger partial charge in [0, 0.05) is 20.4 Å². The second-order valence-electron chi connectivity index (χ2n) is 1.46. The monoisotopic (exact) mass is 131 g/mol. The molecule has 3 nitrogen and oxygen atoms in total. The van der Waals surface area contributed by atoms with Crippen molar-refractivity contribution in [3.8, 4) is 0 Å². The van der Waals surface area contributed by atoms with E-state index in [0.29, 0.717) is 13.2 Å². The Balaban J connectivity index is 2.82. The summed E-state index contributed by atoms with van der Waals surface area (Å²) in [6, 6.07) is 0. The molecule has 0 fully saturated rings. The van der Waals surface area contributed by atoms with E-state index in [0.717, 1.165) is 0 Å². The van der Waals surface area contributed by atoms with E-state index in [1.54, 1.807) is 19.6 Å². The molecule has 0 aliphatic rings. The fourth-order valence-corrected chi connectivity index (χ4v) is 0.316. The van der Waals surface area contributed by atoms with Gasteiger partial charge in [0.25, 0.3) is 0 Å². The highest BCUT2D eigenvalue weighted by Crippen LogP contribution is 1.75. The predicted octanol–water partition coefficient (Wildman–Crippen LogP) is 0.340. The SMILES string of the molecule is CN/C=C/OCCOC. The zero-order valence-corrected chi connectivity index (χ0v) is 5.89. The van der Waals surface area contributed by atoms with E-state index in [9.17, 15) is 0 Å². The minimum absolute atomic E-state index is 0.606. The molecule has 3 heteroatoms. The molecule has 0 bridgehead atoms. The van der Waals surface area contributed by atoms with Crippen LogP contribution < -0.4 is 5.32 Å². The van der Waals surface area contributed by atoms with Gasteiger partial charge in [0.15, 0.2) is 0 Å². The summed E-state index contributed by atoms with van der Waals surface area (Å²) in [6.07, 6.45) is 3.31. The Kier molecular flexibility index (Phi) is 6.73. The normalized spacial score (nSPS) is 10.0. The Morgan fingerprint density at radius 2 is 2.22 bits per heavy atom. The lowest BCUT2D eigenvalue weighted by molar-refractivity contribution is 0.123. The number of ether oxygens (including phenoxy) is 2. The second kappa shape index (κ2) is 7.30. The van der Waals surface area contributed by atoms with Crippen LogP contribution in [0.5, 0.6) is 0 Å². The lowest BCUT2D eigenvalue weighted by Gasteiger charge is -1.97. The van der Waals surface area contributed by atoms with E-state index in [-0.39, 0.29) is 0 Å². The predicted molar refractivity (Wildman–Crippen MR) is 36.0 cm³/mol. The zero-order valence-electron chi connectivity index (χ0n) is 5.89. The van der Waals surface area contributed by atoms with E-state index in [4.69, 9.17) is 9.47 Å². The van der Waals surface area contributed by atoms with Crippen LogP contribution in [0.15, 0.2) is 12.5 Å². The lowest BCUT2D eigenvalue weighted by Crippen LogP contribution is -1.98. The fraction of sp³-hybridized carbons (Fsp3) is 0.667. The Morgan fingerprint density at radius 3 is 2.78 bits per heavy atom. The van der Waals surface area contributed by atoms with Crippen molar-refractivity contribution < 1.29 is 9.47 Å². The first-order valence-corrected chi connectivity index (χ1v) is 2.84. The van der Waals surface area contributed by atoms with Crippen LogP contribution in [0, 0.1) is 0 Å². The second-order valence-corrected chi connectivity index (χ2v) is 1.46. The van der Waals surface area contributed by atoms with Crippen molar-refractivity contribution in [1.29, 1.82) is 0 Å². The summed E-state index contributed by atoms with van der Waals surface area (Å²) in [5.74, 6) is 0. The molecule has 54 valence electrons. The molecule has 0 aromatic carbocycles. The molecule has 0 atom stereocenters. The van der Waals surface area contributed by atoms with E-state index >= 15 is 0 Å². The lowest BCUT2D eigenvalue weighted by atomic mass is 10.8. The number of nitrogens with one attached hydrogen (secondary N) is 1. The molecule has 0 rings (SSSR count). The summed E-state index contributed by atoms with van der Waals surface area (Å²) >= 11 is 0. The number of hydrogen-bond donors (Lipinski definition) is 1. The molecule has 0 aromatic heterocycles. The summed E-state index contributed by atoms with van der Waals surface area (Å²) in [4.78, 5) is 0. The number of methoxy groups -OCH3 is 1. The van der Waals surface area contributed by atoms with Gasteiger partial charge in [-0.25, -0.2) is 0 Å². The van der Waals surface area contributed by atoms with E-state index in [1.807, 2.05) is 7.05 Å². The van der Waals surface area contributed by atoms with Gasteiger partial charge in [0.2, 0.25) is 0 Å². The summed E-state index contributed by atoms with van der Waals surface area (Å²) in [5, 5.41) is 2.80. The molecule has 0 heterocycles. The molecule has 0 aliphatic heterocycles. The van der Waals surface area contributed by atoms with Crippen molar-refractivity contribution in [2.75, 3.05) is 27.4 Å². The molecular formula is C6H13NO2. The van der Waals surface area contributed by atoms with Crippen molar-refractivity contribution in [2.45, 2.75) is 0 Å². The summed E-state index contributed by atoms with van der Waals surface area (Å²) in [6.45, 7) is 1.24. The van der Waals surface area contributed by atoms with Gasteiger partial charge in [0.1, 0.15) is 6.61 Å². The van der Waals surface area contributed by atoms with Crippen molar-refractivity contribution in [3.05, 3.63) is 12.5 Å². The third-order valence-corrected chi connectivity index (χ3v) is 0.736. The molecule has 0 aromatic rings. The first kappa shape index (κ1) is 8.30. The van der Waals surface area contributed by atoms with Crippen LogP contribution in [0.2, 0.25) is 0 Å². The molecule has 1 N–H and O–H groups in total. The Morgan fingerprint density at radius 1 is 1.44 bits per heavy atom. The van der Waals surface area contributed by atoms with Gasteiger partial charge >= 0.3 is 0 Å². The van der Waals surface area contributed by atoms with Crippen LogP contribution in [-0.2, 0) is 9.47 Å². The molecule has 0 radical (unpaired) electrons. The van der Waals surface area contributed by atoms with Crippen molar-refractivity contribution >= 4 is 0 Å². The van der Waals surface area contributed by atoms with E-state index < -0.39 is 0 Å². The third kappa shape index (κ3) is 7.30. The maximum atomic E-state index is 4.95. The zero-order chi connectivity index (χ0) is 6.95. The van der Waals surface area contributed by atoms with Gasteiger partial charge in [-0.1, -0.05) is 0 Å². The van der Waals surface area contributed by atoms with Crippen LogP contribution >= 0.6 is 0 Å². The van der Waals surface area contributed by atoms with E-state index in [1.165, 1.54) is 0 Å². The van der Waals surface area contributed by atoms with Crippen LogP contribution in [0.1, 0.15) is 0 Å². The van der Waals surface area contributed by atoms with Crippen LogP contribution in [-0.4, -0.2) is 27.4 Å².